The first kappa shape index (κ1) is 12.3. The van der Waals surface area contributed by atoms with Crippen LogP contribution in [0.4, 0.5) is 0 Å². The fourth-order valence-electron chi connectivity index (χ4n) is 1.59. The van der Waals surface area contributed by atoms with Gasteiger partial charge in [0.15, 0.2) is 0 Å². The molecule has 0 radical (unpaired) electrons. The molecule has 0 amide bonds. The van der Waals surface area contributed by atoms with Crippen LogP contribution in [0.5, 0.6) is 0 Å². The van der Waals surface area contributed by atoms with Crippen LogP contribution in [0.25, 0.3) is 16.5 Å². The Morgan fingerprint density at radius 1 is 1.72 bits per heavy atom. The van der Waals surface area contributed by atoms with Crippen molar-refractivity contribution in [2.75, 3.05) is 6.61 Å². The van der Waals surface area contributed by atoms with Gasteiger partial charge in [0, 0.05) is 4.91 Å². The summed E-state index contributed by atoms with van der Waals surface area (Å²) < 4.78 is 10.1. The lowest BCUT2D eigenvalue weighted by Crippen LogP contribution is -2.05. The maximum atomic E-state index is 11.5. The van der Waals surface area contributed by atoms with Gasteiger partial charge in [-0.2, -0.15) is 0 Å². The van der Waals surface area contributed by atoms with Crippen molar-refractivity contribution in [3.63, 3.8) is 0 Å². The number of rotatable bonds is 5. The lowest BCUT2D eigenvalue weighted by molar-refractivity contribution is -0.138. The van der Waals surface area contributed by atoms with Gasteiger partial charge in [-0.25, -0.2) is 4.79 Å². The van der Waals surface area contributed by atoms with E-state index in [4.69, 9.17) is 14.7 Å². The number of carbonyl (C=O) groups is 1. The van der Waals surface area contributed by atoms with Gasteiger partial charge in [0.1, 0.15) is 11.5 Å². The maximum absolute atomic E-state index is 11.5. The number of hydrogen-bond acceptors (Lipinski definition) is 4. The summed E-state index contributed by atoms with van der Waals surface area (Å²) in [6.45, 7) is 1.91. The Bertz CT molecular complexity index is 522. The SMILES string of the molecule is CCOC(=O)C(=Cc1cc(C2CC2)co1)N=[N+]=[N-]. The highest BCUT2D eigenvalue weighted by atomic mass is 16.5. The number of azide groups is 1. The Kier molecular flexibility index (Phi) is 3.69. The molecule has 18 heavy (non-hydrogen) atoms. The smallest absolute Gasteiger partial charge is 0.340 e. The van der Waals surface area contributed by atoms with E-state index in [0.29, 0.717) is 11.7 Å². The third-order valence-electron chi connectivity index (χ3n) is 2.60. The molecule has 0 unspecified atom stereocenters. The molecule has 1 heterocycles. The number of hydrogen-bond donors (Lipinski definition) is 0. The van der Waals surface area contributed by atoms with Gasteiger partial charge < -0.3 is 9.15 Å². The summed E-state index contributed by atoms with van der Waals surface area (Å²) in [5.74, 6) is 0.411. The predicted octanol–water partition coefficient (Wildman–Crippen LogP) is 3.37. The molecule has 0 spiro atoms. The molecule has 0 aliphatic heterocycles. The van der Waals surface area contributed by atoms with E-state index >= 15 is 0 Å². The molecular weight excluding hydrogens is 234 g/mol. The van der Waals surface area contributed by atoms with Crippen LogP contribution in [0.15, 0.2) is 27.6 Å². The van der Waals surface area contributed by atoms with E-state index in [1.54, 1.807) is 13.2 Å². The number of furan rings is 1. The lowest BCUT2D eigenvalue weighted by atomic mass is 10.2. The molecule has 1 saturated carbocycles. The fourth-order valence-corrected chi connectivity index (χ4v) is 1.59. The van der Waals surface area contributed by atoms with Crippen molar-refractivity contribution < 1.29 is 13.9 Å². The zero-order valence-corrected chi connectivity index (χ0v) is 10.00. The maximum Gasteiger partial charge on any atom is 0.340 e. The highest BCUT2D eigenvalue weighted by molar-refractivity contribution is 5.92. The summed E-state index contributed by atoms with van der Waals surface area (Å²) in [4.78, 5) is 14.1. The summed E-state index contributed by atoms with van der Waals surface area (Å²) in [6.07, 6.45) is 5.40. The first-order valence-corrected chi connectivity index (χ1v) is 5.77. The quantitative estimate of drug-likeness (QED) is 0.262. The molecule has 6 heteroatoms. The van der Waals surface area contributed by atoms with E-state index in [2.05, 4.69) is 10.0 Å². The van der Waals surface area contributed by atoms with Gasteiger partial charge in [0.2, 0.25) is 0 Å². The third-order valence-corrected chi connectivity index (χ3v) is 2.60. The van der Waals surface area contributed by atoms with Crippen LogP contribution in [-0.2, 0) is 9.53 Å². The van der Waals surface area contributed by atoms with Crippen LogP contribution in [0.3, 0.4) is 0 Å². The molecule has 2 rings (SSSR count). The van der Waals surface area contributed by atoms with Crippen molar-refractivity contribution in [3.05, 3.63) is 39.8 Å². The average molecular weight is 247 g/mol. The zero-order valence-electron chi connectivity index (χ0n) is 10.00. The monoisotopic (exact) mass is 247 g/mol. The van der Waals surface area contributed by atoms with Gasteiger partial charge in [-0.15, -0.1) is 0 Å². The van der Waals surface area contributed by atoms with Crippen LogP contribution in [0, 0.1) is 0 Å². The van der Waals surface area contributed by atoms with Crippen LogP contribution in [-0.4, -0.2) is 12.6 Å². The molecule has 0 N–H and O–H groups in total. The predicted molar refractivity (Wildman–Crippen MR) is 64.4 cm³/mol. The van der Waals surface area contributed by atoms with E-state index in [9.17, 15) is 4.79 Å². The molecule has 0 bridgehead atoms. The van der Waals surface area contributed by atoms with E-state index in [-0.39, 0.29) is 12.3 Å². The fraction of sp³-hybridized carbons (Fsp3) is 0.417. The molecule has 0 atom stereocenters. The molecule has 0 saturated heterocycles. The van der Waals surface area contributed by atoms with Gasteiger partial charge in [-0.3, -0.25) is 0 Å². The molecular formula is C12H13N3O3. The van der Waals surface area contributed by atoms with Crippen molar-refractivity contribution >= 4 is 12.0 Å². The van der Waals surface area contributed by atoms with Gasteiger partial charge in [0.25, 0.3) is 0 Å². The van der Waals surface area contributed by atoms with Crippen molar-refractivity contribution in [2.24, 2.45) is 5.11 Å². The van der Waals surface area contributed by atoms with Crippen LogP contribution < -0.4 is 0 Å². The number of ether oxygens (including phenoxy) is 1. The number of carbonyl (C=O) groups excluding carboxylic acids is 1. The largest absolute Gasteiger partial charge is 0.465 e. The van der Waals surface area contributed by atoms with E-state index in [1.165, 1.54) is 18.9 Å². The second-order valence-electron chi connectivity index (χ2n) is 4.00. The minimum Gasteiger partial charge on any atom is -0.465 e. The molecule has 6 nitrogen and oxygen atoms in total. The number of nitrogens with zero attached hydrogens (tertiary/aromatic N) is 3. The highest BCUT2D eigenvalue weighted by Gasteiger charge is 2.25. The third kappa shape index (κ3) is 2.93. The number of esters is 1. The van der Waals surface area contributed by atoms with Crippen molar-refractivity contribution in [2.45, 2.75) is 25.7 Å². The van der Waals surface area contributed by atoms with Crippen LogP contribution in [0.2, 0.25) is 0 Å². The normalized spacial score (nSPS) is 15.1. The summed E-state index contributed by atoms with van der Waals surface area (Å²) in [6, 6.07) is 1.85. The van der Waals surface area contributed by atoms with E-state index in [0.717, 1.165) is 5.56 Å². The Hall–Kier alpha value is -2.20. The average Bonchev–Trinajstić information content (AvgIpc) is 3.10. The zero-order chi connectivity index (χ0) is 13.0. The van der Waals surface area contributed by atoms with Crippen molar-refractivity contribution in [3.8, 4) is 0 Å². The Labute approximate surface area is 104 Å². The molecule has 1 aliphatic carbocycles. The van der Waals surface area contributed by atoms with E-state index in [1.807, 2.05) is 6.07 Å². The lowest BCUT2D eigenvalue weighted by Gasteiger charge is -1.99. The van der Waals surface area contributed by atoms with Gasteiger partial charge >= 0.3 is 5.97 Å². The second-order valence-corrected chi connectivity index (χ2v) is 4.00. The first-order valence-electron chi connectivity index (χ1n) is 5.77. The summed E-state index contributed by atoms with van der Waals surface area (Å²) in [7, 11) is 0. The summed E-state index contributed by atoms with van der Waals surface area (Å²) >= 11 is 0. The standard InChI is InChI=1S/C12H13N3O3/c1-2-17-12(16)11(14-15-13)6-10-5-9(7-18-10)8-3-4-8/h5-8H,2-4H2,1H3. The van der Waals surface area contributed by atoms with Crippen molar-refractivity contribution in [1.29, 1.82) is 0 Å². The van der Waals surface area contributed by atoms with Crippen LogP contribution >= 0.6 is 0 Å². The summed E-state index contributed by atoms with van der Waals surface area (Å²) in [5, 5.41) is 3.31. The molecule has 0 aromatic carbocycles. The van der Waals surface area contributed by atoms with Gasteiger partial charge in [-0.05, 0) is 48.9 Å². The second kappa shape index (κ2) is 5.42. The Balaban J connectivity index is 2.19. The van der Waals surface area contributed by atoms with Crippen molar-refractivity contribution in [1.82, 2.24) is 0 Å². The Morgan fingerprint density at radius 2 is 2.50 bits per heavy atom. The molecule has 1 fully saturated rings. The van der Waals surface area contributed by atoms with Gasteiger partial charge in [-0.1, -0.05) is 5.11 Å². The summed E-state index contributed by atoms with van der Waals surface area (Å²) in [5.41, 5.74) is 9.43. The molecule has 94 valence electrons. The Morgan fingerprint density at radius 3 is 3.11 bits per heavy atom. The topological polar surface area (TPSA) is 88.2 Å². The highest BCUT2D eigenvalue weighted by Crippen LogP contribution is 2.40. The molecule has 1 aromatic heterocycles. The molecule has 1 aromatic rings. The molecule has 1 aliphatic rings. The minimum atomic E-state index is -0.653. The van der Waals surface area contributed by atoms with Gasteiger partial charge in [0.05, 0.1) is 12.9 Å². The van der Waals surface area contributed by atoms with E-state index < -0.39 is 5.97 Å². The minimum absolute atomic E-state index is 0.101. The van der Waals surface area contributed by atoms with Crippen LogP contribution in [0.1, 0.15) is 37.0 Å². The first-order chi connectivity index (χ1) is 8.74.